The highest BCUT2D eigenvalue weighted by molar-refractivity contribution is 6.26. The smallest absolute Gasteiger partial charge is 0.261 e. The summed E-state index contributed by atoms with van der Waals surface area (Å²) in [5, 5.41) is 11.7. The molecule has 0 radical (unpaired) electrons. The summed E-state index contributed by atoms with van der Waals surface area (Å²) >= 11 is 0. The van der Waals surface area contributed by atoms with E-state index in [1.54, 1.807) is 11.9 Å². The molecule has 1 amide bonds. The lowest BCUT2D eigenvalue weighted by Crippen LogP contribution is -2.42. The molecule has 0 aromatic rings. The number of allylic oxidation sites excluding steroid dienone is 5. The fraction of sp³-hybridized carbons (Fsp3) is 0.692. The number of nitrogens with zero attached hydrogens (tertiary/aromatic N) is 1. The lowest BCUT2D eigenvalue weighted by Gasteiger charge is -2.47. The summed E-state index contributed by atoms with van der Waals surface area (Å²) in [6, 6.07) is -0.472. The number of hydrogen-bond donors (Lipinski definition) is 1. The number of Topliss-reactive ketones (excluding diaryl/α,β-unsaturated/α-hetero) is 1. The van der Waals surface area contributed by atoms with E-state index in [0.717, 1.165) is 19.3 Å². The van der Waals surface area contributed by atoms with Crippen LogP contribution in [0.25, 0.3) is 0 Å². The van der Waals surface area contributed by atoms with Crippen LogP contribution in [0.4, 0.5) is 0 Å². The molecule has 7 atom stereocenters. The van der Waals surface area contributed by atoms with Crippen LogP contribution in [-0.4, -0.2) is 34.8 Å². The van der Waals surface area contributed by atoms with E-state index >= 15 is 0 Å². The number of ketones is 1. The molecule has 30 heavy (non-hydrogen) atoms. The van der Waals surface area contributed by atoms with Crippen molar-refractivity contribution in [3.05, 3.63) is 34.6 Å². The van der Waals surface area contributed by atoms with E-state index < -0.39 is 6.04 Å². The third-order valence-electron chi connectivity index (χ3n) is 8.26. The molecule has 2 fully saturated rings. The molecule has 3 rings (SSSR count). The summed E-state index contributed by atoms with van der Waals surface area (Å²) < 4.78 is 0. The standard InChI is InChI=1S/C26H39NO3/c1-8-14(3)19-17(6)13-18-12-10-11-16(5)20(18)21(19)24(28)22-25(29)23(15(4)9-2)27(7)26(22)30/h8,13,15-16,18-21,23,28H,9-12H2,1-7H3. The zero-order valence-electron chi connectivity index (χ0n) is 19.7. The average Bonchev–Trinajstić information content (AvgIpc) is 2.94. The first-order valence-corrected chi connectivity index (χ1v) is 11.7. The highest BCUT2D eigenvalue weighted by Gasteiger charge is 2.51. The van der Waals surface area contributed by atoms with Crippen molar-refractivity contribution in [1.29, 1.82) is 0 Å². The highest BCUT2D eigenvalue weighted by atomic mass is 16.3. The SMILES string of the molecule is CC=C(C)C1C(C)=CC2CCCC(C)C2C1C(O)=C1C(=O)C(C(C)CC)N(C)C1=O. The third kappa shape index (κ3) is 3.56. The van der Waals surface area contributed by atoms with Gasteiger partial charge in [0, 0.05) is 18.9 Å². The predicted octanol–water partition coefficient (Wildman–Crippen LogP) is 5.47. The molecule has 1 saturated heterocycles. The molecule has 166 valence electrons. The van der Waals surface area contributed by atoms with Crippen LogP contribution in [0.5, 0.6) is 0 Å². The van der Waals surface area contributed by atoms with E-state index in [2.05, 4.69) is 32.9 Å². The number of likely N-dealkylation sites (tertiary alicyclic amines) is 1. The van der Waals surface area contributed by atoms with Gasteiger partial charge in [-0.3, -0.25) is 9.59 Å². The molecule has 3 aliphatic rings. The monoisotopic (exact) mass is 413 g/mol. The summed E-state index contributed by atoms with van der Waals surface area (Å²) in [6.45, 7) is 12.6. The molecular weight excluding hydrogens is 374 g/mol. The van der Waals surface area contributed by atoms with E-state index in [-0.39, 0.29) is 46.7 Å². The van der Waals surface area contributed by atoms with Crippen molar-refractivity contribution in [2.75, 3.05) is 7.05 Å². The van der Waals surface area contributed by atoms with Crippen LogP contribution < -0.4 is 0 Å². The third-order valence-corrected chi connectivity index (χ3v) is 8.26. The maximum absolute atomic E-state index is 13.4. The van der Waals surface area contributed by atoms with Gasteiger partial charge in [0.15, 0.2) is 5.78 Å². The van der Waals surface area contributed by atoms with Crippen LogP contribution in [0.15, 0.2) is 34.6 Å². The van der Waals surface area contributed by atoms with E-state index in [1.165, 1.54) is 17.6 Å². The lowest BCUT2D eigenvalue weighted by atomic mass is 9.57. The molecule has 4 heteroatoms. The van der Waals surface area contributed by atoms with Crippen molar-refractivity contribution in [2.45, 2.75) is 73.3 Å². The molecule has 1 aliphatic heterocycles. The molecule has 1 heterocycles. The second kappa shape index (κ2) is 8.72. The number of likely N-dealkylation sites (N-methyl/N-ethyl adjacent to an activating group) is 1. The Balaban J connectivity index is 2.17. The van der Waals surface area contributed by atoms with Crippen molar-refractivity contribution in [3.8, 4) is 0 Å². The van der Waals surface area contributed by atoms with E-state index in [0.29, 0.717) is 11.8 Å². The van der Waals surface area contributed by atoms with Gasteiger partial charge in [-0.05, 0) is 50.9 Å². The van der Waals surface area contributed by atoms with Gasteiger partial charge in [0.25, 0.3) is 5.91 Å². The van der Waals surface area contributed by atoms with Crippen LogP contribution in [0.2, 0.25) is 0 Å². The van der Waals surface area contributed by atoms with Crippen LogP contribution in [0.1, 0.15) is 67.2 Å². The minimum absolute atomic E-state index is 0.0397. The van der Waals surface area contributed by atoms with Gasteiger partial charge in [-0.15, -0.1) is 0 Å². The first-order valence-electron chi connectivity index (χ1n) is 11.7. The number of aliphatic hydroxyl groups excluding tert-OH is 1. The molecular formula is C26H39NO3. The number of rotatable bonds is 4. The molecule has 0 aromatic heterocycles. The fourth-order valence-corrected chi connectivity index (χ4v) is 6.40. The van der Waals surface area contributed by atoms with Gasteiger partial charge in [-0.1, -0.05) is 63.3 Å². The second-order valence-electron chi connectivity index (χ2n) is 9.97. The number of carbonyl (C=O) groups excluding carboxylic acids is 2. The predicted molar refractivity (Wildman–Crippen MR) is 121 cm³/mol. The van der Waals surface area contributed by atoms with Gasteiger partial charge in [-0.25, -0.2) is 0 Å². The van der Waals surface area contributed by atoms with Crippen LogP contribution in [-0.2, 0) is 9.59 Å². The highest BCUT2D eigenvalue weighted by Crippen LogP contribution is 2.53. The van der Waals surface area contributed by atoms with Crippen molar-refractivity contribution >= 4 is 11.7 Å². The van der Waals surface area contributed by atoms with Crippen LogP contribution in [0.3, 0.4) is 0 Å². The van der Waals surface area contributed by atoms with Crippen molar-refractivity contribution < 1.29 is 14.7 Å². The summed E-state index contributed by atoms with van der Waals surface area (Å²) in [5.41, 5.74) is 2.50. The molecule has 0 spiro atoms. The summed E-state index contributed by atoms with van der Waals surface area (Å²) in [7, 11) is 1.70. The Hall–Kier alpha value is -1.84. The molecule has 1 saturated carbocycles. The van der Waals surface area contributed by atoms with E-state index in [1.807, 2.05) is 20.8 Å². The maximum atomic E-state index is 13.4. The van der Waals surface area contributed by atoms with E-state index in [9.17, 15) is 14.7 Å². The van der Waals surface area contributed by atoms with Gasteiger partial charge >= 0.3 is 0 Å². The Kier molecular flexibility index (Phi) is 6.64. The first-order chi connectivity index (χ1) is 14.1. The zero-order valence-corrected chi connectivity index (χ0v) is 19.7. The molecule has 7 unspecified atom stereocenters. The summed E-state index contributed by atoms with van der Waals surface area (Å²) in [5.74, 6) is 0.536. The van der Waals surface area contributed by atoms with Crippen molar-refractivity contribution in [3.63, 3.8) is 0 Å². The van der Waals surface area contributed by atoms with Crippen LogP contribution >= 0.6 is 0 Å². The maximum Gasteiger partial charge on any atom is 0.261 e. The summed E-state index contributed by atoms with van der Waals surface area (Å²) in [6.07, 6.45) is 8.76. The van der Waals surface area contributed by atoms with Crippen LogP contribution in [0, 0.1) is 35.5 Å². The number of aliphatic hydroxyl groups is 1. The normalized spacial score (nSPS) is 37.8. The minimum Gasteiger partial charge on any atom is -0.511 e. The number of amides is 1. The zero-order chi connectivity index (χ0) is 22.3. The second-order valence-corrected chi connectivity index (χ2v) is 9.97. The minimum atomic E-state index is -0.472. The Morgan fingerprint density at radius 2 is 2.00 bits per heavy atom. The first kappa shape index (κ1) is 22.8. The van der Waals surface area contributed by atoms with Gasteiger partial charge < -0.3 is 10.0 Å². The molecule has 0 aromatic carbocycles. The topological polar surface area (TPSA) is 57.6 Å². The Morgan fingerprint density at radius 1 is 1.33 bits per heavy atom. The van der Waals surface area contributed by atoms with Crippen molar-refractivity contribution in [2.24, 2.45) is 35.5 Å². The average molecular weight is 414 g/mol. The Morgan fingerprint density at radius 3 is 2.60 bits per heavy atom. The Bertz CT molecular complexity index is 805. The summed E-state index contributed by atoms with van der Waals surface area (Å²) in [4.78, 5) is 28.1. The number of hydrogen-bond acceptors (Lipinski definition) is 3. The van der Waals surface area contributed by atoms with Gasteiger partial charge in [-0.2, -0.15) is 0 Å². The Labute approximate surface area is 182 Å². The molecule has 1 N–H and O–H groups in total. The van der Waals surface area contributed by atoms with Gasteiger partial charge in [0.05, 0.1) is 6.04 Å². The molecule has 2 aliphatic carbocycles. The lowest BCUT2D eigenvalue weighted by molar-refractivity contribution is -0.126. The number of carbonyl (C=O) groups is 2. The molecule has 0 bridgehead atoms. The van der Waals surface area contributed by atoms with Gasteiger partial charge in [0.1, 0.15) is 11.3 Å². The largest absolute Gasteiger partial charge is 0.511 e. The van der Waals surface area contributed by atoms with E-state index in [4.69, 9.17) is 0 Å². The quantitative estimate of drug-likeness (QED) is 0.288. The van der Waals surface area contributed by atoms with Crippen molar-refractivity contribution in [1.82, 2.24) is 4.90 Å². The molecule has 4 nitrogen and oxygen atoms in total. The fourth-order valence-electron chi connectivity index (χ4n) is 6.40. The number of fused-ring (bicyclic) bond motifs is 1. The van der Waals surface area contributed by atoms with Gasteiger partial charge in [0.2, 0.25) is 0 Å².